The van der Waals surface area contributed by atoms with Crippen LogP contribution in [-0.2, 0) is 21.4 Å². The normalized spacial score (nSPS) is 11.4. The standard InChI is InChI=1S/C22H25N3O5S/c1-14(2)21(26)23-13-20-15(3)30-22(24-20)16-6-5-7-17(12-16)25-31(27,28)19-10-8-18(29-4)9-11-19/h5-12,14,25H,13H2,1-4H3,(H,23,26). The van der Waals surface area contributed by atoms with E-state index >= 15 is 0 Å². The lowest BCUT2D eigenvalue weighted by atomic mass is 10.2. The van der Waals surface area contributed by atoms with Gasteiger partial charge in [0.05, 0.1) is 18.6 Å². The van der Waals surface area contributed by atoms with E-state index in [-0.39, 0.29) is 23.3 Å². The second kappa shape index (κ2) is 9.22. The number of benzene rings is 2. The molecule has 0 unspecified atom stereocenters. The van der Waals surface area contributed by atoms with E-state index in [4.69, 9.17) is 9.15 Å². The Morgan fingerprint density at radius 1 is 1.16 bits per heavy atom. The number of methoxy groups -OCH3 is 1. The fourth-order valence-corrected chi connectivity index (χ4v) is 3.82. The molecule has 1 heterocycles. The largest absolute Gasteiger partial charge is 0.497 e. The Bertz CT molecular complexity index is 1170. The van der Waals surface area contributed by atoms with Gasteiger partial charge in [-0.1, -0.05) is 19.9 Å². The lowest BCUT2D eigenvalue weighted by Gasteiger charge is -2.09. The highest BCUT2D eigenvalue weighted by Crippen LogP contribution is 2.26. The van der Waals surface area contributed by atoms with Crippen LogP contribution in [0.15, 0.2) is 57.8 Å². The minimum Gasteiger partial charge on any atom is -0.497 e. The molecule has 0 bridgehead atoms. The highest BCUT2D eigenvalue weighted by molar-refractivity contribution is 7.92. The molecular formula is C22H25N3O5S. The Labute approximate surface area is 181 Å². The van der Waals surface area contributed by atoms with Crippen molar-refractivity contribution in [3.8, 4) is 17.2 Å². The lowest BCUT2D eigenvalue weighted by molar-refractivity contribution is -0.124. The average molecular weight is 444 g/mol. The summed E-state index contributed by atoms with van der Waals surface area (Å²) >= 11 is 0. The molecule has 164 valence electrons. The van der Waals surface area contributed by atoms with E-state index in [1.807, 2.05) is 13.8 Å². The molecule has 0 saturated heterocycles. The van der Waals surface area contributed by atoms with Crippen molar-refractivity contribution in [1.29, 1.82) is 0 Å². The van der Waals surface area contributed by atoms with Gasteiger partial charge in [0.25, 0.3) is 10.0 Å². The fraction of sp³-hybridized carbons (Fsp3) is 0.273. The van der Waals surface area contributed by atoms with Gasteiger partial charge in [0.15, 0.2) is 0 Å². The van der Waals surface area contributed by atoms with Crippen LogP contribution in [0.2, 0.25) is 0 Å². The summed E-state index contributed by atoms with van der Waals surface area (Å²) in [7, 11) is -2.26. The van der Waals surface area contributed by atoms with Gasteiger partial charge in [-0.25, -0.2) is 13.4 Å². The second-order valence-electron chi connectivity index (χ2n) is 7.26. The number of hydrogen-bond donors (Lipinski definition) is 2. The third kappa shape index (κ3) is 5.43. The first-order valence-corrected chi connectivity index (χ1v) is 11.2. The van der Waals surface area contributed by atoms with Crippen molar-refractivity contribution >= 4 is 21.6 Å². The van der Waals surface area contributed by atoms with Crippen LogP contribution in [-0.4, -0.2) is 26.4 Å². The van der Waals surface area contributed by atoms with Gasteiger partial charge in [-0.2, -0.15) is 0 Å². The molecule has 2 N–H and O–H groups in total. The van der Waals surface area contributed by atoms with Gasteiger partial charge in [-0.15, -0.1) is 0 Å². The Hall–Kier alpha value is -3.33. The molecule has 0 atom stereocenters. The zero-order valence-electron chi connectivity index (χ0n) is 17.8. The summed E-state index contributed by atoms with van der Waals surface area (Å²) in [6.45, 7) is 5.66. The molecule has 1 amide bonds. The van der Waals surface area contributed by atoms with Crippen LogP contribution in [0, 0.1) is 12.8 Å². The number of anilines is 1. The van der Waals surface area contributed by atoms with Gasteiger partial charge in [0, 0.05) is 17.2 Å². The Morgan fingerprint density at radius 3 is 2.52 bits per heavy atom. The van der Waals surface area contributed by atoms with Crippen molar-refractivity contribution in [2.75, 3.05) is 11.8 Å². The summed E-state index contributed by atoms with van der Waals surface area (Å²) in [5.41, 5.74) is 1.60. The minimum atomic E-state index is -3.77. The monoisotopic (exact) mass is 443 g/mol. The lowest BCUT2D eigenvalue weighted by Crippen LogP contribution is -2.27. The third-order valence-corrected chi connectivity index (χ3v) is 5.98. The van der Waals surface area contributed by atoms with Crippen molar-refractivity contribution in [3.63, 3.8) is 0 Å². The topological polar surface area (TPSA) is 111 Å². The van der Waals surface area contributed by atoms with E-state index in [1.54, 1.807) is 43.3 Å². The van der Waals surface area contributed by atoms with Crippen molar-refractivity contribution in [3.05, 3.63) is 60.0 Å². The number of aromatic nitrogens is 1. The van der Waals surface area contributed by atoms with Crippen LogP contribution >= 0.6 is 0 Å². The predicted molar refractivity (Wildman–Crippen MR) is 117 cm³/mol. The quantitative estimate of drug-likeness (QED) is 0.549. The molecular weight excluding hydrogens is 418 g/mol. The number of aryl methyl sites for hydroxylation is 1. The summed E-state index contributed by atoms with van der Waals surface area (Å²) in [4.78, 5) is 16.4. The highest BCUT2D eigenvalue weighted by Gasteiger charge is 2.17. The number of nitrogens with zero attached hydrogens (tertiary/aromatic N) is 1. The summed E-state index contributed by atoms with van der Waals surface area (Å²) < 4.78 is 38.7. The van der Waals surface area contributed by atoms with Crippen LogP contribution < -0.4 is 14.8 Å². The number of rotatable bonds is 8. The van der Waals surface area contributed by atoms with Gasteiger partial charge in [-0.3, -0.25) is 9.52 Å². The van der Waals surface area contributed by atoms with E-state index in [0.29, 0.717) is 34.3 Å². The summed E-state index contributed by atoms with van der Waals surface area (Å²) in [5.74, 6) is 1.31. The smallest absolute Gasteiger partial charge is 0.261 e. The van der Waals surface area contributed by atoms with Crippen molar-refractivity contribution in [2.24, 2.45) is 5.92 Å². The zero-order chi connectivity index (χ0) is 22.6. The molecule has 31 heavy (non-hydrogen) atoms. The third-order valence-electron chi connectivity index (χ3n) is 4.58. The average Bonchev–Trinajstić information content (AvgIpc) is 3.12. The Morgan fingerprint density at radius 2 is 1.87 bits per heavy atom. The van der Waals surface area contributed by atoms with Crippen LogP contribution in [0.3, 0.4) is 0 Å². The van der Waals surface area contributed by atoms with Crippen LogP contribution in [0.4, 0.5) is 5.69 Å². The SMILES string of the molecule is COc1ccc(S(=O)(=O)Nc2cccc(-c3nc(CNC(=O)C(C)C)c(C)o3)c2)cc1. The first kappa shape index (κ1) is 22.4. The molecule has 0 saturated carbocycles. The first-order chi connectivity index (χ1) is 14.7. The highest BCUT2D eigenvalue weighted by atomic mass is 32.2. The maximum atomic E-state index is 12.7. The number of carbonyl (C=O) groups is 1. The molecule has 0 radical (unpaired) electrons. The molecule has 2 aromatic carbocycles. The maximum absolute atomic E-state index is 12.7. The molecule has 0 aliphatic carbocycles. The van der Waals surface area contributed by atoms with Crippen molar-refractivity contribution < 1.29 is 22.4 Å². The number of sulfonamides is 1. The van der Waals surface area contributed by atoms with E-state index in [2.05, 4.69) is 15.0 Å². The van der Waals surface area contributed by atoms with E-state index in [9.17, 15) is 13.2 Å². The van der Waals surface area contributed by atoms with E-state index in [0.717, 1.165) is 0 Å². The molecule has 0 fully saturated rings. The first-order valence-electron chi connectivity index (χ1n) is 9.71. The molecule has 8 nitrogen and oxygen atoms in total. The molecule has 3 rings (SSSR count). The zero-order valence-corrected chi connectivity index (χ0v) is 18.6. The number of carbonyl (C=O) groups excluding carboxylic acids is 1. The minimum absolute atomic E-state index is 0.0705. The second-order valence-corrected chi connectivity index (χ2v) is 8.94. The number of oxazole rings is 1. The van der Waals surface area contributed by atoms with E-state index < -0.39 is 10.0 Å². The Kier molecular flexibility index (Phi) is 6.65. The van der Waals surface area contributed by atoms with Crippen molar-refractivity contribution in [1.82, 2.24) is 10.3 Å². The fourth-order valence-electron chi connectivity index (χ4n) is 2.78. The number of nitrogens with one attached hydrogen (secondary N) is 2. The number of hydrogen-bond acceptors (Lipinski definition) is 6. The van der Waals surface area contributed by atoms with Crippen molar-refractivity contribution in [2.45, 2.75) is 32.2 Å². The predicted octanol–water partition coefficient (Wildman–Crippen LogP) is 3.73. The van der Waals surface area contributed by atoms with Crippen LogP contribution in [0.5, 0.6) is 5.75 Å². The number of amides is 1. The summed E-state index contributed by atoms with van der Waals surface area (Å²) in [5, 5.41) is 2.81. The summed E-state index contributed by atoms with van der Waals surface area (Å²) in [6, 6.07) is 12.9. The molecule has 0 aliphatic rings. The molecule has 0 aliphatic heterocycles. The molecule has 3 aromatic rings. The van der Waals surface area contributed by atoms with Gasteiger partial charge in [0.2, 0.25) is 11.8 Å². The summed E-state index contributed by atoms with van der Waals surface area (Å²) in [6.07, 6.45) is 0. The van der Waals surface area contributed by atoms with Crippen LogP contribution in [0.1, 0.15) is 25.3 Å². The van der Waals surface area contributed by atoms with E-state index in [1.165, 1.54) is 19.2 Å². The maximum Gasteiger partial charge on any atom is 0.261 e. The molecule has 0 spiro atoms. The molecule has 9 heteroatoms. The van der Waals surface area contributed by atoms with Gasteiger partial charge in [0.1, 0.15) is 17.2 Å². The van der Waals surface area contributed by atoms with Gasteiger partial charge < -0.3 is 14.5 Å². The van der Waals surface area contributed by atoms with Crippen LogP contribution in [0.25, 0.3) is 11.5 Å². The van der Waals surface area contributed by atoms with Gasteiger partial charge in [-0.05, 0) is 49.4 Å². The molecule has 1 aromatic heterocycles. The van der Waals surface area contributed by atoms with Gasteiger partial charge >= 0.3 is 0 Å². The Balaban J connectivity index is 1.78. The number of ether oxygens (including phenoxy) is 1.